The first-order valence-electron chi connectivity index (χ1n) is 6.40. The molecule has 0 N–H and O–H groups in total. The number of carbonyl (C=O) groups is 1. The van der Waals surface area contributed by atoms with Gasteiger partial charge in [-0.05, 0) is 29.9 Å². The summed E-state index contributed by atoms with van der Waals surface area (Å²) in [6.07, 6.45) is 1.04. The van der Waals surface area contributed by atoms with Gasteiger partial charge in [0.1, 0.15) is 10.3 Å². The summed E-state index contributed by atoms with van der Waals surface area (Å²) in [4.78, 5) is 18.2. The second-order valence-corrected chi connectivity index (χ2v) is 6.82. The molecule has 104 valence electrons. The number of rotatable bonds is 1. The van der Waals surface area contributed by atoms with Crippen LogP contribution in [0.2, 0.25) is 10.3 Å². The lowest BCUT2D eigenvalue weighted by atomic mass is 9.80. The highest BCUT2D eigenvalue weighted by atomic mass is 35.5. The molecule has 0 aliphatic carbocycles. The van der Waals surface area contributed by atoms with Crippen molar-refractivity contribution in [3.63, 3.8) is 0 Å². The van der Waals surface area contributed by atoms with E-state index in [1.165, 1.54) is 0 Å². The summed E-state index contributed by atoms with van der Waals surface area (Å²) >= 11 is 11.7. The first-order valence-corrected chi connectivity index (χ1v) is 7.16. The molecular formula is C14H18Cl2N2O. The quantitative estimate of drug-likeness (QED) is 0.737. The molecule has 1 atom stereocenters. The van der Waals surface area contributed by atoms with Crippen LogP contribution in [0.15, 0.2) is 12.1 Å². The Morgan fingerprint density at radius 3 is 2.58 bits per heavy atom. The van der Waals surface area contributed by atoms with Crippen molar-refractivity contribution in [2.75, 3.05) is 13.1 Å². The minimum atomic E-state index is -0.0547. The molecule has 3 nitrogen and oxygen atoms in total. The fraction of sp³-hybridized carbons (Fsp3) is 0.571. The third-order valence-corrected chi connectivity index (χ3v) is 4.24. The Morgan fingerprint density at radius 1 is 1.37 bits per heavy atom. The first-order chi connectivity index (χ1) is 8.79. The Hall–Kier alpha value is -0.800. The van der Waals surface area contributed by atoms with Gasteiger partial charge in [0.25, 0.3) is 5.91 Å². The average molecular weight is 301 g/mol. The third-order valence-electron chi connectivity index (χ3n) is 3.75. The standard InChI is InChI=1S/C14H18Cl2N2O/c1-14(2,3)9-6-7-18(8-9)13(19)10-4-5-11(15)17-12(10)16/h4-5,9H,6-8H2,1-3H3. The van der Waals surface area contributed by atoms with Crippen LogP contribution in [0, 0.1) is 11.3 Å². The maximum absolute atomic E-state index is 12.4. The van der Waals surface area contributed by atoms with Gasteiger partial charge in [0.15, 0.2) is 0 Å². The molecule has 19 heavy (non-hydrogen) atoms. The van der Waals surface area contributed by atoms with E-state index in [1.54, 1.807) is 12.1 Å². The van der Waals surface area contributed by atoms with E-state index >= 15 is 0 Å². The lowest BCUT2D eigenvalue weighted by Crippen LogP contribution is -2.31. The molecule has 1 amide bonds. The van der Waals surface area contributed by atoms with Gasteiger partial charge in [-0.1, -0.05) is 44.0 Å². The maximum atomic E-state index is 12.4. The summed E-state index contributed by atoms with van der Waals surface area (Å²) in [5, 5.41) is 0.479. The molecule has 2 rings (SSSR count). The fourth-order valence-electron chi connectivity index (χ4n) is 2.39. The summed E-state index contributed by atoms with van der Waals surface area (Å²) in [6, 6.07) is 3.24. The van der Waals surface area contributed by atoms with Crippen molar-refractivity contribution in [2.45, 2.75) is 27.2 Å². The highest BCUT2D eigenvalue weighted by Gasteiger charge is 2.34. The van der Waals surface area contributed by atoms with Crippen molar-refractivity contribution in [3.05, 3.63) is 28.0 Å². The molecule has 1 aromatic heterocycles. The Labute approximate surface area is 123 Å². The molecule has 0 radical (unpaired) electrons. The second kappa shape index (κ2) is 5.29. The lowest BCUT2D eigenvalue weighted by Gasteiger charge is -2.27. The van der Waals surface area contributed by atoms with Gasteiger partial charge in [0.05, 0.1) is 5.56 Å². The van der Waals surface area contributed by atoms with Crippen LogP contribution in [0.4, 0.5) is 0 Å². The zero-order valence-corrected chi connectivity index (χ0v) is 12.9. The molecule has 1 aromatic rings. The third kappa shape index (κ3) is 3.21. The zero-order valence-electron chi connectivity index (χ0n) is 11.4. The predicted octanol–water partition coefficient (Wildman–Crippen LogP) is 3.90. The SMILES string of the molecule is CC(C)(C)C1CCN(C(=O)c2ccc(Cl)nc2Cl)C1. The van der Waals surface area contributed by atoms with Crippen LogP contribution in [0.25, 0.3) is 0 Å². The fourth-order valence-corrected chi connectivity index (χ4v) is 2.82. The molecule has 1 saturated heterocycles. The van der Waals surface area contributed by atoms with Crippen molar-refractivity contribution in [2.24, 2.45) is 11.3 Å². The van der Waals surface area contributed by atoms with Crippen LogP contribution in [0.3, 0.4) is 0 Å². The minimum Gasteiger partial charge on any atom is -0.338 e. The highest BCUT2D eigenvalue weighted by molar-refractivity contribution is 6.34. The highest BCUT2D eigenvalue weighted by Crippen LogP contribution is 2.34. The summed E-state index contributed by atoms with van der Waals surface area (Å²) in [6.45, 7) is 8.19. The molecule has 1 aliphatic rings. The summed E-state index contributed by atoms with van der Waals surface area (Å²) in [5.41, 5.74) is 0.650. The number of nitrogens with zero attached hydrogens (tertiary/aromatic N) is 2. The molecule has 0 bridgehead atoms. The van der Waals surface area contributed by atoms with Crippen LogP contribution < -0.4 is 0 Å². The first kappa shape index (κ1) is 14.6. The number of halogens is 2. The molecule has 1 unspecified atom stereocenters. The van der Waals surface area contributed by atoms with Crippen LogP contribution in [-0.2, 0) is 0 Å². The van der Waals surface area contributed by atoms with Gasteiger partial charge in [0.2, 0.25) is 0 Å². The normalized spacial score (nSPS) is 19.8. The molecule has 0 aromatic carbocycles. The van der Waals surface area contributed by atoms with E-state index in [0.717, 1.165) is 19.5 Å². The van der Waals surface area contributed by atoms with Crippen molar-refractivity contribution in [1.29, 1.82) is 0 Å². The summed E-state index contributed by atoms with van der Waals surface area (Å²) in [7, 11) is 0. The summed E-state index contributed by atoms with van der Waals surface area (Å²) < 4.78 is 0. The van der Waals surface area contributed by atoms with Gasteiger partial charge < -0.3 is 4.90 Å². The monoisotopic (exact) mass is 300 g/mol. The molecule has 0 spiro atoms. The number of carbonyl (C=O) groups excluding carboxylic acids is 1. The second-order valence-electron chi connectivity index (χ2n) is 6.08. The average Bonchev–Trinajstić information content (AvgIpc) is 2.76. The number of aromatic nitrogens is 1. The Bertz CT molecular complexity index is 497. The Morgan fingerprint density at radius 2 is 2.05 bits per heavy atom. The molecule has 1 fully saturated rings. The van der Waals surface area contributed by atoms with Crippen molar-refractivity contribution < 1.29 is 4.79 Å². The van der Waals surface area contributed by atoms with E-state index in [9.17, 15) is 4.79 Å². The molecular weight excluding hydrogens is 283 g/mol. The van der Waals surface area contributed by atoms with Crippen LogP contribution >= 0.6 is 23.2 Å². The minimum absolute atomic E-state index is 0.0547. The van der Waals surface area contributed by atoms with Gasteiger partial charge in [0, 0.05) is 13.1 Å². The topological polar surface area (TPSA) is 33.2 Å². The number of hydrogen-bond acceptors (Lipinski definition) is 2. The molecule has 5 heteroatoms. The van der Waals surface area contributed by atoms with Crippen molar-refractivity contribution in [1.82, 2.24) is 9.88 Å². The van der Waals surface area contributed by atoms with E-state index in [1.807, 2.05) is 4.90 Å². The van der Waals surface area contributed by atoms with Crippen LogP contribution in [0.5, 0.6) is 0 Å². The van der Waals surface area contributed by atoms with Gasteiger partial charge in [-0.15, -0.1) is 0 Å². The Balaban J connectivity index is 2.14. The van der Waals surface area contributed by atoms with E-state index < -0.39 is 0 Å². The molecule has 0 saturated carbocycles. The van der Waals surface area contributed by atoms with E-state index in [0.29, 0.717) is 16.6 Å². The van der Waals surface area contributed by atoms with Gasteiger partial charge in [-0.25, -0.2) is 4.98 Å². The number of pyridine rings is 1. The number of amides is 1. The van der Waals surface area contributed by atoms with Gasteiger partial charge >= 0.3 is 0 Å². The van der Waals surface area contributed by atoms with Crippen LogP contribution in [-0.4, -0.2) is 28.9 Å². The van der Waals surface area contributed by atoms with Gasteiger partial charge in [-0.2, -0.15) is 0 Å². The van der Waals surface area contributed by atoms with Gasteiger partial charge in [-0.3, -0.25) is 4.79 Å². The van der Waals surface area contributed by atoms with Crippen LogP contribution in [0.1, 0.15) is 37.6 Å². The zero-order chi connectivity index (χ0) is 14.2. The number of hydrogen-bond donors (Lipinski definition) is 0. The largest absolute Gasteiger partial charge is 0.338 e. The van der Waals surface area contributed by atoms with E-state index in [-0.39, 0.29) is 16.5 Å². The lowest BCUT2D eigenvalue weighted by molar-refractivity contribution is 0.0776. The summed E-state index contributed by atoms with van der Waals surface area (Å²) in [5.74, 6) is 0.469. The molecule has 2 heterocycles. The number of likely N-dealkylation sites (tertiary alicyclic amines) is 1. The maximum Gasteiger partial charge on any atom is 0.256 e. The predicted molar refractivity (Wildman–Crippen MR) is 77.7 cm³/mol. The van der Waals surface area contributed by atoms with Crippen molar-refractivity contribution in [3.8, 4) is 0 Å². The smallest absolute Gasteiger partial charge is 0.256 e. The Kier molecular flexibility index (Phi) is 4.07. The van der Waals surface area contributed by atoms with E-state index in [4.69, 9.17) is 23.2 Å². The van der Waals surface area contributed by atoms with E-state index in [2.05, 4.69) is 25.8 Å². The molecule has 1 aliphatic heterocycles. The van der Waals surface area contributed by atoms with Crippen molar-refractivity contribution >= 4 is 29.1 Å².